The van der Waals surface area contributed by atoms with E-state index >= 15 is 0 Å². The number of benzene rings is 2. The first-order valence-corrected chi connectivity index (χ1v) is 10.2. The Labute approximate surface area is 167 Å². The second-order valence-electron chi connectivity index (χ2n) is 6.60. The van der Waals surface area contributed by atoms with Gasteiger partial charge in [-0.05, 0) is 55.3 Å². The molecule has 146 valence electrons. The van der Waals surface area contributed by atoms with Crippen LogP contribution in [0.15, 0.2) is 50.7 Å². The lowest BCUT2D eigenvalue weighted by molar-refractivity contribution is 0.0698. The van der Waals surface area contributed by atoms with E-state index in [0.717, 1.165) is 16.9 Å². The number of para-hydroxylation sites is 1. The molecule has 0 saturated carbocycles. The lowest BCUT2D eigenvalue weighted by atomic mass is 10.0. The third kappa shape index (κ3) is 4.07. The van der Waals surface area contributed by atoms with Crippen molar-refractivity contribution in [3.63, 3.8) is 0 Å². The van der Waals surface area contributed by atoms with Crippen LogP contribution in [0.5, 0.6) is 0 Å². The van der Waals surface area contributed by atoms with Crippen LogP contribution in [0.4, 0.5) is 5.69 Å². The van der Waals surface area contributed by atoms with E-state index in [1.165, 1.54) is 11.8 Å². The molecular formula is C22H23NO4S. The number of hydrogen-bond acceptors (Lipinski definition) is 5. The molecule has 1 aromatic heterocycles. The van der Waals surface area contributed by atoms with Gasteiger partial charge in [0.1, 0.15) is 5.58 Å². The van der Waals surface area contributed by atoms with Crippen molar-refractivity contribution in [1.82, 2.24) is 0 Å². The molecule has 5 nitrogen and oxygen atoms in total. The summed E-state index contributed by atoms with van der Waals surface area (Å²) in [6.45, 7) is 6.31. The van der Waals surface area contributed by atoms with Crippen LogP contribution in [0.1, 0.15) is 34.0 Å². The highest BCUT2D eigenvalue weighted by atomic mass is 32.2. The summed E-state index contributed by atoms with van der Waals surface area (Å²) in [7, 11) is 0. The van der Waals surface area contributed by atoms with Gasteiger partial charge in [0.25, 0.3) is 0 Å². The van der Waals surface area contributed by atoms with Crippen molar-refractivity contribution < 1.29 is 14.3 Å². The molecule has 0 spiro atoms. The Morgan fingerprint density at radius 2 is 1.96 bits per heavy atom. The minimum absolute atomic E-state index is 0.00586. The third-order valence-electron chi connectivity index (χ3n) is 4.54. The van der Waals surface area contributed by atoms with Gasteiger partial charge in [0.05, 0.1) is 10.9 Å². The largest absolute Gasteiger partial charge is 0.478 e. The molecular weight excluding hydrogens is 374 g/mol. The molecule has 6 heteroatoms. The van der Waals surface area contributed by atoms with Gasteiger partial charge in [-0.1, -0.05) is 36.9 Å². The number of carbonyl (C=O) groups is 1. The number of thioether (sulfide) groups is 1. The van der Waals surface area contributed by atoms with Crippen LogP contribution in [-0.2, 0) is 6.42 Å². The summed E-state index contributed by atoms with van der Waals surface area (Å²) in [5, 5.41) is 13.8. The molecule has 0 saturated heterocycles. The molecule has 2 N–H and O–H groups in total. The standard InChI is InChI=1S/C22H23NO4S/c1-4-28-22-14(3)19(24)17-12-13(2)11-15(20(17)27-22)9-10-23-18-8-6-5-7-16(18)21(25)26/h5-8,11-12,23H,4,9-10H2,1-3H3,(H,25,26). The lowest BCUT2D eigenvalue weighted by Gasteiger charge is -2.12. The minimum atomic E-state index is -0.966. The number of hydrogen-bond donors (Lipinski definition) is 2. The van der Waals surface area contributed by atoms with E-state index in [4.69, 9.17) is 4.42 Å². The quantitative estimate of drug-likeness (QED) is 0.554. The Bertz CT molecular complexity index is 1090. The zero-order valence-corrected chi connectivity index (χ0v) is 17.0. The number of fused-ring (bicyclic) bond motifs is 1. The van der Waals surface area contributed by atoms with E-state index in [0.29, 0.717) is 40.3 Å². The van der Waals surface area contributed by atoms with Gasteiger partial charge in [-0.3, -0.25) is 4.79 Å². The highest BCUT2D eigenvalue weighted by molar-refractivity contribution is 7.99. The smallest absolute Gasteiger partial charge is 0.337 e. The molecule has 0 bridgehead atoms. The lowest BCUT2D eigenvalue weighted by Crippen LogP contribution is -2.12. The first-order chi connectivity index (χ1) is 13.4. The number of rotatable bonds is 7. The van der Waals surface area contributed by atoms with Crippen molar-refractivity contribution in [2.45, 2.75) is 32.3 Å². The maximum Gasteiger partial charge on any atom is 0.337 e. The fraction of sp³-hybridized carbons (Fsp3) is 0.273. The SMILES string of the molecule is CCSc1oc2c(CCNc3ccccc3C(=O)O)cc(C)cc2c(=O)c1C. The van der Waals surface area contributed by atoms with E-state index in [1.807, 2.05) is 26.0 Å². The predicted molar refractivity (Wildman–Crippen MR) is 114 cm³/mol. The number of nitrogens with one attached hydrogen (secondary N) is 1. The molecule has 0 aliphatic heterocycles. The number of anilines is 1. The highest BCUT2D eigenvalue weighted by Gasteiger charge is 2.15. The van der Waals surface area contributed by atoms with Gasteiger partial charge in [0.2, 0.25) is 0 Å². The van der Waals surface area contributed by atoms with Gasteiger partial charge >= 0.3 is 5.97 Å². The number of aromatic carboxylic acids is 1. The zero-order valence-electron chi connectivity index (χ0n) is 16.2. The molecule has 0 fully saturated rings. The molecule has 0 amide bonds. The maximum atomic E-state index is 12.8. The average Bonchev–Trinajstić information content (AvgIpc) is 2.67. The fourth-order valence-electron chi connectivity index (χ4n) is 3.21. The molecule has 0 unspecified atom stereocenters. The van der Waals surface area contributed by atoms with Gasteiger partial charge in [-0.25, -0.2) is 4.79 Å². The van der Waals surface area contributed by atoms with Crippen LogP contribution in [0.2, 0.25) is 0 Å². The van der Waals surface area contributed by atoms with E-state index < -0.39 is 5.97 Å². The minimum Gasteiger partial charge on any atom is -0.478 e. The Morgan fingerprint density at radius 1 is 1.21 bits per heavy atom. The monoisotopic (exact) mass is 397 g/mol. The van der Waals surface area contributed by atoms with Gasteiger partial charge in [-0.15, -0.1) is 0 Å². The van der Waals surface area contributed by atoms with E-state index in [9.17, 15) is 14.7 Å². The van der Waals surface area contributed by atoms with E-state index in [-0.39, 0.29) is 11.0 Å². The Morgan fingerprint density at radius 3 is 2.68 bits per heavy atom. The molecule has 2 aromatic carbocycles. The molecule has 1 heterocycles. The Kier molecular flexibility index (Phi) is 6.09. The summed E-state index contributed by atoms with van der Waals surface area (Å²) < 4.78 is 6.11. The molecule has 3 rings (SSSR count). The van der Waals surface area contributed by atoms with E-state index in [1.54, 1.807) is 31.2 Å². The Balaban J connectivity index is 1.93. The first-order valence-electron chi connectivity index (χ1n) is 9.18. The summed E-state index contributed by atoms with van der Waals surface area (Å²) >= 11 is 1.52. The molecule has 0 atom stereocenters. The van der Waals surface area contributed by atoms with Crippen LogP contribution in [0.3, 0.4) is 0 Å². The first kappa shape index (κ1) is 20.0. The van der Waals surface area contributed by atoms with Crippen LogP contribution in [0.25, 0.3) is 11.0 Å². The average molecular weight is 397 g/mol. The molecule has 0 aliphatic rings. The topological polar surface area (TPSA) is 79.5 Å². The second-order valence-corrected chi connectivity index (χ2v) is 7.84. The maximum absolute atomic E-state index is 12.8. The van der Waals surface area contributed by atoms with Gasteiger partial charge in [0.15, 0.2) is 10.5 Å². The van der Waals surface area contributed by atoms with Crippen molar-refractivity contribution in [1.29, 1.82) is 0 Å². The number of aryl methyl sites for hydroxylation is 1. The fourth-order valence-corrected chi connectivity index (χ4v) is 3.93. The van der Waals surface area contributed by atoms with Crippen molar-refractivity contribution in [3.05, 3.63) is 68.9 Å². The highest BCUT2D eigenvalue weighted by Crippen LogP contribution is 2.28. The summed E-state index contributed by atoms with van der Waals surface area (Å²) in [4.78, 5) is 24.1. The van der Waals surface area contributed by atoms with Gasteiger partial charge in [-0.2, -0.15) is 0 Å². The normalized spacial score (nSPS) is 11.0. The summed E-state index contributed by atoms with van der Waals surface area (Å²) in [6.07, 6.45) is 0.606. The van der Waals surface area contributed by atoms with Crippen molar-refractivity contribution in [2.75, 3.05) is 17.6 Å². The third-order valence-corrected chi connectivity index (χ3v) is 5.48. The molecule has 3 aromatic rings. The molecule has 0 aliphatic carbocycles. The zero-order chi connectivity index (χ0) is 20.3. The predicted octanol–water partition coefficient (Wildman–Crippen LogP) is 4.87. The van der Waals surface area contributed by atoms with Crippen molar-refractivity contribution >= 4 is 34.4 Å². The summed E-state index contributed by atoms with van der Waals surface area (Å²) in [6, 6.07) is 10.7. The second kappa shape index (κ2) is 8.52. The van der Waals surface area contributed by atoms with Crippen molar-refractivity contribution in [3.8, 4) is 0 Å². The van der Waals surface area contributed by atoms with Crippen LogP contribution < -0.4 is 10.7 Å². The van der Waals surface area contributed by atoms with Gasteiger partial charge in [0, 0.05) is 17.8 Å². The van der Waals surface area contributed by atoms with Crippen LogP contribution in [0, 0.1) is 13.8 Å². The number of carboxylic acid groups (broad SMARTS) is 1. The summed E-state index contributed by atoms with van der Waals surface area (Å²) in [5.41, 5.74) is 4.01. The molecule has 28 heavy (non-hydrogen) atoms. The Hall–Kier alpha value is -2.73. The van der Waals surface area contributed by atoms with Crippen molar-refractivity contribution in [2.24, 2.45) is 0 Å². The number of carboxylic acids is 1. The van der Waals surface area contributed by atoms with E-state index in [2.05, 4.69) is 5.32 Å². The van der Waals surface area contributed by atoms with Gasteiger partial charge < -0.3 is 14.8 Å². The summed E-state index contributed by atoms with van der Waals surface area (Å²) in [5.74, 6) is -0.142. The molecule has 0 radical (unpaired) electrons. The van der Waals surface area contributed by atoms with Crippen LogP contribution >= 0.6 is 11.8 Å². The van der Waals surface area contributed by atoms with Crippen LogP contribution in [-0.4, -0.2) is 23.4 Å².